The zero-order chi connectivity index (χ0) is 12.3. The van der Waals surface area contributed by atoms with Gasteiger partial charge in [-0.05, 0) is 11.5 Å². The molecule has 0 spiro atoms. The van der Waals surface area contributed by atoms with Gasteiger partial charge < -0.3 is 10.3 Å². The van der Waals surface area contributed by atoms with E-state index in [2.05, 4.69) is 24.0 Å². The maximum absolute atomic E-state index is 6.21. The molecule has 0 aliphatic rings. The van der Waals surface area contributed by atoms with Gasteiger partial charge in [-0.3, -0.25) is 0 Å². The predicted molar refractivity (Wildman–Crippen MR) is 67.3 cm³/mol. The largest absolute Gasteiger partial charge is 0.318 e. The Morgan fingerprint density at radius 2 is 1.94 bits per heavy atom. The fourth-order valence-electron chi connectivity index (χ4n) is 1.85. The Labute approximate surface area is 101 Å². The number of hydrogen-bond donors (Lipinski definition) is 1. The van der Waals surface area contributed by atoms with Crippen molar-refractivity contribution in [1.82, 2.24) is 14.8 Å². The number of nitrogens with two attached hydrogens (primary N) is 1. The van der Waals surface area contributed by atoms with E-state index in [0.717, 1.165) is 17.9 Å². The van der Waals surface area contributed by atoms with Gasteiger partial charge in [-0.2, -0.15) is 0 Å². The predicted octanol–water partition coefficient (Wildman–Crippen LogP) is 1.98. The van der Waals surface area contributed by atoms with Crippen molar-refractivity contribution in [3.05, 3.63) is 48.0 Å². The van der Waals surface area contributed by atoms with Crippen LogP contribution >= 0.6 is 0 Å². The molecule has 2 aromatic rings. The minimum atomic E-state index is -0.211. The molecule has 0 amide bonds. The van der Waals surface area contributed by atoms with Crippen molar-refractivity contribution in [2.24, 2.45) is 11.7 Å². The summed E-state index contributed by atoms with van der Waals surface area (Å²) >= 11 is 0. The van der Waals surface area contributed by atoms with Crippen LogP contribution in [0.5, 0.6) is 0 Å². The fourth-order valence-corrected chi connectivity index (χ4v) is 1.85. The molecule has 90 valence electrons. The lowest BCUT2D eigenvalue weighted by Gasteiger charge is -2.14. The normalized spacial score (nSPS) is 12.9. The summed E-state index contributed by atoms with van der Waals surface area (Å²) < 4.78 is 2.03. The van der Waals surface area contributed by atoms with Gasteiger partial charge in [0.25, 0.3) is 0 Å². The molecular formula is C13H18N4. The molecule has 0 radical (unpaired) electrons. The topological polar surface area (TPSA) is 56.7 Å². The van der Waals surface area contributed by atoms with E-state index in [-0.39, 0.29) is 6.04 Å². The first kappa shape index (κ1) is 11.8. The van der Waals surface area contributed by atoms with Gasteiger partial charge in [-0.15, -0.1) is 10.2 Å². The lowest BCUT2D eigenvalue weighted by atomic mass is 10.1. The van der Waals surface area contributed by atoms with E-state index >= 15 is 0 Å². The lowest BCUT2D eigenvalue weighted by Crippen LogP contribution is -2.19. The quantitative estimate of drug-likeness (QED) is 0.873. The summed E-state index contributed by atoms with van der Waals surface area (Å²) in [5.41, 5.74) is 7.27. The van der Waals surface area contributed by atoms with Gasteiger partial charge in [0.1, 0.15) is 6.33 Å². The minimum absolute atomic E-state index is 0.211. The third-order valence-corrected chi connectivity index (χ3v) is 2.64. The summed E-state index contributed by atoms with van der Waals surface area (Å²) in [5.74, 6) is 1.37. The van der Waals surface area contributed by atoms with Gasteiger partial charge in [0, 0.05) is 6.54 Å². The molecule has 2 rings (SSSR count). The van der Waals surface area contributed by atoms with Crippen LogP contribution in [0.2, 0.25) is 0 Å². The van der Waals surface area contributed by atoms with Crippen molar-refractivity contribution >= 4 is 0 Å². The highest BCUT2D eigenvalue weighted by molar-refractivity contribution is 5.23. The Morgan fingerprint density at radius 1 is 1.24 bits per heavy atom. The van der Waals surface area contributed by atoms with Crippen molar-refractivity contribution in [3.63, 3.8) is 0 Å². The van der Waals surface area contributed by atoms with Gasteiger partial charge in [-0.25, -0.2) is 0 Å². The highest BCUT2D eigenvalue weighted by Gasteiger charge is 2.15. The van der Waals surface area contributed by atoms with E-state index in [1.54, 1.807) is 6.33 Å². The summed E-state index contributed by atoms with van der Waals surface area (Å²) in [5, 5.41) is 8.09. The first-order valence-corrected chi connectivity index (χ1v) is 5.86. The van der Waals surface area contributed by atoms with Crippen LogP contribution in [-0.2, 0) is 6.54 Å². The second-order valence-electron chi connectivity index (χ2n) is 4.62. The van der Waals surface area contributed by atoms with Gasteiger partial charge in [-0.1, -0.05) is 44.2 Å². The zero-order valence-corrected chi connectivity index (χ0v) is 10.2. The van der Waals surface area contributed by atoms with Crippen molar-refractivity contribution in [2.45, 2.75) is 26.4 Å². The number of hydrogen-bond acceptors (Lipinski definition) is 3. The molecule has 17 heavy (non-hydrogen) atoms. The molecule has 0 aliphatic carbocycles. The Hall–Kier alpha value is -1.68. The Bertz CT molecular complexity index is 461. The number of benzene rings is 1. The van der Waals surface area contributed by atoms with Crippen LogP contribution in [0.4, 0.5) is 0 Å². The van der Waals surface area contributed by atoms with Gasteiger partial charge >= 0.3 is 0 Å². The first-order chi connectivity index (χ1) is 8.18. The van der Waals surface area contributed by atoms with E-state index in [9.17, 15) is 0 Å². The molecule has 0 unspecified atom stereocenters. The smallest absolute Gasteiger partial charge is 0.154 e. The van der Waals surface area contributed by atoms with Crippen molar-refractivity contribution in [3.8, 4) is 0 Å². The maximum Gasteiger partial charge on any atom is 0.154 e. The number of aromatic nitrogens is 3. The average molecular weight is 230 g/mol. The summed E-state index contributed by atoms with van der Waals surface area (Å²) in [4.78, 5) is 0. The molecular weight excluding hydrogens is 212 g/mol. The molecule has 0 saturated carbocycles. The Morgan fingerprint density at radius 3 is 2.59 bits per heavy atom. The third-order valence-electron chi connectivity index (χ3n) is 2.64. The molecule has 0 saturated heterocycles. The average Bonchev–Trinajstić information content (AvgIpc) is 2.76. The summed E-state index contributed by atoms with van der Waals surface area (Å²) in [6, 6.07) is 9.77. The maximum atomic E-state index is 6.21. The molecule has 2 N–H and O–H groups in total. The summed E-state index contributed by atoms with van der Waals surface area (Å²) in [6.45, 7) is 5.22. The molecule has 4 heteroatoms. The molecule has 0 aliphatic heterocycles. The monoisotopic (exact) mass is 230 g/mol. The molecule has 0 fully saturated rings. The Balaban J connectivity index is 2.25. The van der Waals surface area contributed by atoms with Gasteiger partial charge in [0.05, 0.1) is 6.04 Å². The lowest BCUT2D eigenvalue weighted by molar-refractivity contribution is 0.499. The van der Waals surface area contributed by atoms with Crippen molar-refractivity contribution in [2.75, 3.05) is 0 Å². The summed E-state index contributed by atoms with van der Waals surface area (Å²) in [7, 11) is 0. The minimum Gasteiger partial charge on any atom is -0.318 e. The van der Waals surface area contributed by atoms with Crippen molar-refractivity contribution < 1.29 is 0 Å². The van der Waals surface area contributed by atoms with Crippen LogP contribution in [0.3, 0.4) is 0 Å². The standard InChI is InChI=1S/C13H18N4/c1-10(2)8-17-9-15-16-13(17)12(14)11-6-4-3-5-7-11/h3-7,9-10,12H,8,14H2,1-2H3/t12-/m1/s1. The first-order valence-electron chi connectivity index (χ1n) is 5.86. The van der Waals surface area contributed by atoms with Crippen LogP contribution in [0.25, 0.3) is 0 Å². The molecule has 0 bridgehead atoms. The van der Waals surface area contributed by atoms with Crippen molar-refractivity contribution in [1.29, 1.82) is 0 Å². The second-order valence-corrected chi connectivity index (χ2v) is 4.62. The highest BCUT2D eigenvalue weighted by atomic mass is 15.3. The van der Waals surface area contributed by atoms with Crippen LogP contribution < -0.4 is 5.73 Å². The molecule has 1 aromatic heterocycles. The third kappa shape index (κ3) is 2.71. The van der Waals surface area contributed by atoms with Crippen LogP contribution in [0, 0.1) is 5.92 Å². The fraction of sp³-hybridized carbons (Fsp3) is 0.385. The van der Waals surface area contributed by atoms with E-state index in [0.29, 0.717) is 5.92 Å². The molecule has 1 aromatic carbocycles. The van der Waals surface area contributed by atoms with Crippen LogP contribution in [0.15, 0.2) is 36.7 Å². The summed E-state index contributed by atoms with van der Waals surface area (Å²) in [6.07, 6.45) is 1.75. The highest BCUT2D eigenvalue weighted by Crippen LogP contribution is 2.17. The van der Waals surface area contributed by atoms with Gasteiger partial charge in [0.15, 0.2) is 5.82 Å². The molecule has 1 atom stereocenters. The van der Waals surface area contributed by atoms with E-state index < -0.39 is 0 Å². The number of nitrogens with zero attached hydrogens (tertiary/aromatic N) is 3. The molecule has 4 nitrogen and oxygen atoms in total. The zero-order valence-electron chi connectivity index (χ0n) is 10.2. The second kappa shape index (κ2) is 5.10. The van der Waals surface area contributed by atoms with Gasteiger partial charge in [0.2, 0.25) is 0 Å². The van der Waals surface area contributed by atoms with E-state index in [4.69, 9.17) is 5.73 Å². The number of rotatable bonds is 4. The van der Waals surface area contributed by atoms with E-state index in [1.807, 2.05) is 34.9 Å². The van der Waals surface area contributed by atoms with E-state index in [1.165, 1.54) is 0 Å². The molecule has 1 heterocycles. The van der Waals surface area contributed by atoms with Crippen LogP contribution in [-0.4, -0.2) is 14.8 Å². The Kier molecular flexibility index (Phi) is 3.54. The SMILES string of the molecule is CC(C)Cn1cnnc1[C@H](N)c1ccccc1. The van der Waals surface area contributed by atoms with Crippen LogP contribution in [0.1, 0.15) is 31.3 Å².